The van der Waals surface area contributed by atoms with Crippen molar-refractivity contribution in [3.05, 3.63) is 65.7 Å². The molecule has 0 aliphatic carbocycles. The van der Waals surface area contributed by atoms with Crippen LogP contribution in [-0.4, -0.2) is 15.0 Å². The van der Waals surface area contributed by atoms with Gasteiger partial charge in [-0.15, -0.1) is 0 Å². The number of nitrogens with one attached hydrogen (secondary N) is 1. The molecule has 2 aromatic carbocycles. The summed E-state index contributed by atoms with van der Waals surface area (Å²) in [6, 6.07) is 15.0. The second-order valence-corrected chi connectivity index (χ2v) is 6.26. The van der Waals surface area contributed by atoms with Gasteiger partial charge in [-0.05, 0) is 30.2 Å². The van der Waals surface area contributed by atoms with Crippen molar-refractivity contribution in [3.63, 3.8) is 0 Å². The van der Waals surface area contributed by atoms with E-state index in [1.807, 2.05) is 6.07 Å². The SMILES string of the molecule is Cc1ccccc1C(F)CNS(=O)(=O)c1ccccc1. The van der Waals surface area contributed by atoms with Crippen LogP contribution in [0.5, 0.6) is 0 Å². The fraction of sp³-hybridized carbons (Fsp3) is 0.200. The maximum Gasteiger partial charge on any atom is 0.240 e. The Kier molecular flexibility index (Phi) is 4.52. The number of hydrogen-bond donors (Lipinski definition) is 1. The molecule has 1 atom stereocenters. The normalized spacial score (nSPS) is 13.1. The molecule has 0 saturated carbocycles. The third-order valence-electron chi connectivity index (χ3n) is 3.03. The van der Waals surface area contributed by atoms with Gasteiger partial charge in [0.05, 0.1) is 4.90 Å². The molecule has 1 N–H and O–H groups in total. The van der Waals surface area contributed by atoms with Gasteiger partial charge >= 0.3 is 0 Å². The molecule has 0 aliphatic rings. The molecule has 0 amide bonds. The van der Waals surface area contributed by atoms with Crippen LogP contribution in [0.1, 0.15) is 17.3 Å². The lowest BCUT2D eigenvalue weighted by Crippen LogP contribution is -2.27. The standard InChI is InChI=1S/C15H16FNO2S/c1-12-7-5-6-10-14(12)15(16)11-17-20(18,19)13-8-3-2-4-9-13/h2-10,15,17H,11H2,1H3. The van der Waals surface area contributed by atoms with E-state index in [0.717, 1.165) is 5.56 Å². The number of halogens is 1. The smallest absolute Gasteiger partial charge is 0.240 e. The summed E-state index contributed by atoms with van der Waals surface area (Å²) in [7, 11) is -3.67. The van der Waals surface area contributed by atoms with Crippen LogP contribution in [0.4, 0.5) is 4.39 Å². The number of rotatable bonds is 5. The highest BCUT2D eigenvalue weighted by molar-refractivity contribution is 7.89. The predicted molar refractivity (Wildman–Crippen MR) is 76.7 cm³/mol. The molecule has 1 unspecified atom stereocenters. The Hall–Kier alpha value is -1.72. The average molecular weight is 293 g/mol. The second-order valence-electron chi connectivity index (χ2n) is 4.49. The van der Waals surface area contributed by atoms with E-state index < -0.39 is 16.2 Å². The van der Waals surface area contributed by atoms with Crippen LogP contribution in [0.2, 0.25) is 0 Å². The zero-order valence-electron chi connectivity index (χ0n) is 11.1. The fourth-order valence-corrected chi connectivity index (χ4v) is 2.96. The summed E-state index contributed by atoms with van der Waals surface area (Å²) in [5, 5.41) is 0. The van der Waals surface area contributed by atoms with Gasteiger partial charge in [0.15, 0.2) is 0 Å². The minimum atomic E-state index is -3.67. The average Bonchev–Trinajstić information content (AvgIpc) is 2.46. The number of benzene rings is 2. The molecular weight excluding hydrogens is 277 g/mol. The highest BCUT2D eigenvalue weighted by Gasteiger charge is 2.18. The molecule has 0 spiro atoms. The lowest BCUT2D eigenvalue weighted by Gasteiger charge is -2.12. The van der Waals surface area contributed by atoms with E-state index in [2.05, 4.69) is 4.72 Å². The third-order valence-corrected chi connectivity index (χ3v) is 4.47. The van der Waals surface area contributed by atoms with Gasteiger partial charge < -0.3 is 0 Å². The highest BCUT2D eigenvalue weighted by Crippen LogP contribution is 2.20. The summed E-state index contributed by atoms with van der Waals surface area (Å²) >= 11 is 0. The predicted octanol–water partition coefficient (Wildman–Crippen LogP) is 2.98. The van der Waals surface area contributed by atoms with E-state index in [1.165, 1.54) is 12.1 Å². The van der Waals surface area contributed by atoms with Crippen molar-refractivity contribution < 1.29 is 12.8 Å². The first-order valence-corrected chi connectivity index (χ1v) is 7.73. The van der Waals surface area contributed by atoms with Crippen LogP contribution >= 0.6 is 0 Å². The van der Waals surface area contributed by atoms with Crippen LogP contribution < -0.4 is 4.72 Å². The van der Waals surface area contributed by atoms with Crippen LogP contribution in [0, 0.1) is 6.92 Å². The van der Waals surface area contributed by atoms with Gasteiger partial charge in [-0.1, -0.05) is 42.5 Å². The van der Waals surface area contributed by atoms with Crippen molar-refractivity contribution in [1.29, 1.82) is 0 Å². The van der Waals surface area contributed by atoms with Gasteiger partial charge in [-0.3, -0.25) is 0 Å². The Balaban J connectivity index is 2.08. The van der Waals surface area contributed by atoms with E-state index in [-0.39, 0.29) is 11.4 Å². The highest BCUT2D eigenvalue weighted by atomic mass is 32.2. The molecule has 2 aromatic rings. The molecule has 0 radical (unpaired) electrons. The van der Waals surface area contributed by atoms with E-state index in [0.29, 0.717) is 5.56 Å². The molecule has 0 aliphatic heterocycles. The number of aryl methyl sites for hydroxylation is 1. The molecule has 20 heavy (non-hydrogen) atoms. The van der Waals surface area contributed by atoms with E-state index in [1.54, 1.807) is 43.3 Å². The summed E-state index contributed by atoms with van der Waals surface area (Å²) < 4.78 is 40.4. The lowest BCUT2D eigenvalue weighted by molar-refractivity contribution is 0.342. The van der Waals surface area contributed by atoms with Crippen LogP contribution in [0.25, 0.3) is 0 Å². The third kappa shape index (κ3) is 3.43. The van der Waals surface area contributed by atoms with Crippen molar-refractivity contribution in [2.24, 2.45) is 0 Å². The van der Waals surface area contributed by atoms with Gasteiger partial charge in [0.25, 0.3) is 0 Å². The minimum absolute atomic E-state index is 0.136. The minimum Gasteiger partial charge on any atom is -0.241 e. The zero-order valence-corrected chi connectivity index (χ0v) is 11.9. The maximum atomic E-state index is 14.1. The van der Waals surface area contributed by atoms with Gasteiger partial charge in [0.1, 0.15) is 6.17 Å². The Labute approximate surface area is 118 Å². The molecule has 106 valence electrons. The molecule has 0 saturated heterocycles. The van der Waals surface area contributed by atoms with Gasteiger partial charge in [-0.2, -0.15) is 0 Å². The Morgan fingerprint density at radius 1 is 1.05 bits per heavy atom. The first kappa shape index (κ1) is 14.7. The van der Waals surface area contributed by atoms with Crippen molar-refractivity contribution in [3.8, 4) is 0 Å². The fourth-order valence-electron chi connectivity index (χ4n) is 1.91. The van der Waals surface area contributed by atoms with Gasteiger partial charge in [0, 0.05) is 6.54 Å². The molecule has 0 aromatic heterocycles. The first-order chi connectivity index (χ1) is 9.50. The molecule has 0 bridgehead atoms. The molecule has 0 fully saturated rings. The Bertz CT molecular complexity index is 671. The number of sulfonamides is 1. The zero-order chi connectivity index (χ0) is 14.6. The largest absolute Gasteiger partial charge is 0.241 e. The number of alkyl halides is 1. The Morgan fingerprint density at radius 2 is 1.65 bits per heavy atom. The van der Waals surface area contributed by atoms with Gasteiger partial charge in [-0.25, -0.2) is 17.5 Å². The van der Waals surface area contributed by atoms with Crippen molar-refractivity contribution in [2.45, 2.75) is 18.0 Å². The maximum absolute atomic E-state index is 14.1. The molecule has 5 heteroatoms. The lowest BCUT2D eigenvalue weighted by atomic mass is 10.1. The molecule has 0 heterocycles. The van der Waals surface area contributed by atoms with Crippen LogP contribution in [-0.2, 0) is 10.0 Å². The van der Waals surface area contributed by atoms with E-state index in [4.69, 9.17) is 0 Å². The monoisotopic (exact) mass is 293 g/mol. The van der Waals surface area contributed by atoms with Crippen molar-refractivity contribution in [1.82, 2.24) is 4.72 Å². The Morgan fingerprint density at radius 3 is 2.30 bits per heavy atom. The van der Waals surface area contributed by atoms with Crippen molar-refractivity contribution in [2.75, 3.05) is 6.54 Å². The van der Waals surface area contributed by atoms with Crippen molar-refractivity contribution >= 4 is 10.0 Å². The van der Waals surface area contributed by atoms with Crippen LogP contribution in [0.15, 0.2) is 59.5 Å². The second kappa shape index (κ2) is 6.15. The molecule has 3 nitrogen and oxygen atoms in total. The summed E-state index contributed by atoms with van der Waals surface area (Å²) in [5.41, 5.74) is 1.31. The van der Waals surface area contributed by atoms with Crippen LogP contribution in [0.3, 0.4) is 0 Å². The summed E-state index contributed by atoms with van der Waals surface area (Å²) in [6.45, 7) is 1.52. The summed E-state index contributed by atoms with van der Waals surface area (Å²) in [5.74, 6) is 0. The van der Waals surface area contributed by atoms with Gasteiger partial charge in [0.2, 0.25) is 10.0 Å². The molecule has 2 rings (SSSR count). The quantitative estimate of drug-likeness (QED) is 0.921. The topological polar surface area (TPSA) is 46.2 Å². The summed E-state index contributed by atoms with van der Waals surface area (Å²) in [4.78, 5) is 0.136. The number of hydrogen-bond acceptors (Lipinski definition) is 2. The van der Waals surface area contributed by atoms with E-state index >= 15 is 0 Å². The molecular formula is C15H16FNO2S. The van der Waals surface area contributed by atoms with E-state index in [9.17, 15) is 12.8 Å². The summed E-state index contributed by atoms with van der Waals surface area (Å²) in [6.07, 6.45) is -1.37. The first-order valence-electron chi connectivity index (χ1n) is 6.25.